The highest BCUT2D eigenvalue weighted by Crippen LogP contribution is 2.18. The maximum absolute atomic E-state index is 10.6. The molecule has 0 amide bonds. The number of rotatable bonds is 4. The molecule has 13 heavy (non-hydrogen) atoms. The molecule has 1 aromatic rings. The van der Waals surface area contributed by atoms with Gasteiger partial charge in [-0.2, -0.15) is 0 Å². The topological polar surface area (TPSA) is 59.4 Å². The Morgan fingerprint density at radius 2 is 2.38 bits per heavy atom. The highest BCUT2D eigenvalue weighted by Gasteiger charge is 2.13. The van der Waals surface area contributed by atoms with Gasteiger partial charge in [0.2, 0.25) is 0 Å². The van der Waals surface area contributed by atoms with Crippen molar-refractivity contribution in [2.75, 3.05) is 6.61 Å². The van der Waals surface area contributed by atoms with Crippen LogP contribution in [0.5, 0.6) is 0 Å². The van der Waals surface area contributed by atoms with Crippen LogP contribution in [0.4, 0.5) is 0 Å². The minimum Gasteiger partial charge on any atom is -0.477 e. The van der Waals surface area contributed by atoms with E-state index in [-0.39, 0.29) is 0 Å². The average Bonchev–Trinajstić information content (AvgIpc) is 2.43. The third-order valence-electron chi connectivity index (χ3n) is 1.46. The molecule has 0 radical (unpaired) electrons. The van der Waals surface area contributed by atoms with Crippen LogP contribution in [0.1, 0.15) is 27.3 Å². The lowest BCUT2D eigenvalue weighted by Gasteiger charge is -1.93. The quantitative estimate of drug-likeness (QED) is 0.805. The van der Waals surface area contributed by atoms with Gasteiger partial charge in [0.05, 0.1) is 12.3 Å². The second-order valence-corrected chi connectivity index (χ2v) is 3.55. The summed E-state index contributed by atoms with van der Waals surface area (Å²) in [5, 5.41) is 9.45. The predicted octanol–water partition coefficient (Wildman–Crippen LogP) is 1.69. The molecule has 0 fully saturated rings. The van der Waals surface area contributed by atoms with Crippen LogP contribution in [0.15, 0.2) is 0 Å². The van der Waals surface area contributed by atoms with E-state index in [4.69, 9.17) is 9.84 Å². The number of aromatic nitrogens is 1. The van der Waals surface area contributed by atoms with E-state index in [1.54, 1.807) is 6.92 Å². The SMILES string of the molecule is CCOCc1nc(C)c(C(=O)O)s1. The van der Waals surface area contributed by atoms with Crippen LogP contribution >= 0.6 is 11.3 Å². The van der Waals surface area contributed by atoms with Crippen LogP contribution in [0, 0.1) is 6.92 Å². The van der Waals surface area contributed by atoms with E-state index in [9.17, 15) is 4.79 Å². The van der Waals surface area contributed by atoms with Crippen molar-refractivity contribution in [3.8, 4) is 0 Å². The molecule has 1 N–H and O–H groups in total. The number of hydrogen-bond acceptors (Lipinski definition) is 4. The number of hydrogen-bond donors (Lipinski definition) is 1. The lowest BCUT2D eigenvalue weighted by molar-refractivity contribution is 0.0701. The largest absolute Gasteiger partial charge is 0.477 e. The molecule has 72 valence electrons. The van der Waals surface area contributed by atoms with Crippen LogP contribution in [0.25, 0.3) is 0 Å². The maximum atomic E-state index is 10.6. The molecule has 0 bridgehead atoms. The van der Waals surface area contributed by atoms with Crippen molar-refractivity contribution >= 4 is 17.3 Å². The standard InChI is InChI=1S/C8H11NO3S/c1-3-12-4-6-9-5(2)7(13-6)8(10)11/h3-4H2,1-2H3,(H,10,11). The summed E-state index contributed by atoms with van der Waals surface area (Å²) in [5.74, 6) is -0.919. The second kappa shape index (κ2) is 4.34. The van der Waals surface area contributed by atoms with Crippen molar-refractivity contribution in [2.24, 2.45) is 0 Å². The van der Waals surface area contributed by atoms with Crippen molar-refractivity contribution < 1.29 is 14.6 Å². The third kappa shape index (κ3) is 2.50. The monoisotopic (exact) mass is 201 g/mol. The number of ether oxygens (including phenoxy) is 1. The fourth-order valence-corrected chi connectivity index (χ4v) is 1.74. The number of thiazole rings is 1. The van der Waals surface area contributed by atoms with Crippen LogP contribution < -0.4 is 0 Å². The van der Waals surface area contributed by atoms with Gasteiger partial charge in [-0.05, 0) is 13.8 Å². The number of carboxylic acid groups (broad SMARTS) is 1. The molecule has 0 saturated heterocycles. The smallest absolute Gasteiger partial charge is 0.347 e. The summed E-state index contributed by atoms with van der Waals surface area (Å²) in [5.41, 5.74) is 0.562. The average molecular weight is 201 g/mol. The molecule has 5 heteroatoms. The predicted molar refractivity (Wildman–Crippen MR) is 49.1 cm³/mol. The summed E-state index contributed by atoms with van der Waals surface area (Å²) in [6.45, 7) is 4.59. The molecule has 1 heterocycles. The second-order valence-electron chi connectivity index (χ2n) is 2.46. The van der Waals surface area contributed by atoms with E-state index >= 15 is 0 Å². The van der Waals surface area contributed by atoms with Gasteiger partial charge in [0, 0.05) is 6.61 Å². The molecular formula is C8H11NO3S. The van der Waals surface area contributed by atoms with Crippen molar-refractivity contribution in [3.05, 3.63) is 15.6 Å². The van der Waals surface area contributed by atoms with Gasteiger partial charge >= 0.3 is 5.97 Å². The van der Waals surface area contributed by atoms with Gasteiger partial charge in [-0.3, -0.25) is 0 Å². The molecule has 1 aromatic heterocycles. The summed E-state index contributed by atoms with van der Waals surface area (Å²) in [6, 6.07) is 0. The normalized spacial score (nSPS) is 10.3. The zero-order chi connectivity index (χ0) is 9.84. The van der Waals surface area contributed by atoms with Crippen LogP contribution in [0.2, 0.25) is 0 Å². The molecule has 4 nitrogen and oxygen atoms in total. The number of aryl methyl sites for hydroxylation is 1. The first-order chi connectivity index (χ1) is 6.15. The summed E-state index contributed by atoms with van der Waals surface area (Å²) in [6.07, 6.45) is 0. The fourth-order valence-electron chi connectivity index (χ4n) is 0.902. The minimum absolute atomic E-state index is 0.301. The minimum atomic E-state index is -0.919. The third-order valence-corrected chi connectivity index (χ3v) is 2.58. The molecular weight excluding hydrogens is 190 g/mol. The van der Waals surface area contributed by atoms with E-state index in [0.29, 0.717) is 23.8 Å². The molecule has 1 rings (SSSR count). The van der Waals surface area contributed by atoms with Crippen molar-refractivity contribution in [2.45, 2.75) is 20.5 Å². The maximum Gasteiger partial charge on any atom is 0.347 e. The molecule has 0 saturated carbocycles. The van der Waals surface area contributed by atoms with Gasteiger partial charge in [0.1, 0.15) is 9.88 Å². The Morgan fingerprint density at radius 1 is 1.69 bits per heavy atom. The molecule has 0 aliphatic carbocycles. The van der Waals surface area contributed by atoms with Gasteiger partial charge < -0.3 is 9.84 Å². The number of carboxylic acids is 1. The van der Waals surface area contributed by atoms with E-state index < -0.39 is 5.97 Å². The van der Waals surface area contributed by atoms with Gasteiger partial charge in [-0.1, -0.05) is 0 Å². The van der Waals surface area contributed by atoms with E-state index in [2.05, 4.69) is 4.98 Å². The van der Waals surface area contributed by atoms with Crippen LogP contribution in [0.3, 0.4) is 0 Å². The Bertz CT molecular complexity index is 308. The molecule has 0 unspecified atom stereocenters. The fraction of sp³-hybridized carbons (Fsp3) is 0.500. The molecule has 0 atom stereocenters. The summed E-state index contributed by atoms with van der Waals surface area (Å²) >= 11 is 1.17. The Labute approximate surface area is 80.2 Å². The first-order valence-electron chi connectivity index (χ1n) is 3.92. The molecule has 0 aliphatic heterocycles. The van der Waals surface area contributed by atoms with E-state index in [1.165, 1.54) is 11.3 Å². The highest BCUT2D eigenvalue weighted by atomic mass is 32.1. The molecule has 0 aromatic carbocycles. The first kappa shape index (κ1) is 10.1. The van der Waals surface area contributed by atoms with Crippen LogP contribution in [-0.2, 0) is 11.3 Å². The Kier molecular flexibility index (Phi) is 3.39. The van der Waals surface area contributed by atoms with Crippen molar-refractivity contribution in [1.29, 1.82) is 0 Å². The molecule has 0 spiro atoms. The summed E-state index contributed by atoms with van der Waals surface area (Å²) < 4.78 is 5.12. The number of carbonyl (C=O) groups is 1. The van der Waals surface area contributed by atoms with E-state index in [1.807, 2.05) is 6.92 Å². The summed E-state index contributed by atoms with van der Waals surface area (Å²) in [4.78, 5) is 15.0. The van der Waals surface area contributed by atoms with Gasteiger partial charge in [0.25, 0.3) is 0 Å². The van der Waals surface area contributed by atoms with Gasteiger partial charge in [-0.25, -0.2) is 9.78 Å². The summed E-state index contributed by atoms with van der Waals surface area (Å²) in [7, 11) is 0. The van der Waals surface area contributed by atoms with Crippen LogP contribution in [-0.4, -0.2) is 22.7 Å². The first-order valence-corrected chi connectivity index (χ1v) is 4.74. The number of nitrogens with zero attached hydrogens (tertiary/aromatic N) is 1. The van der Waals surface area contributed by atoms with Crippen molar-refractivity contribution in [1.82, 2.24) is 4.98 Å². The lowest BCUT2D eigenvalue weighted by Crippen LogP contribution is -1.94. The number of aromatic carboxylic acids is 1. The molecule has 0 aliphatic rings. The van der Waals surface area contributed by atoms with E-state index in [0.717, 1.165) is 5.01 Å². The van der Waals surface area contributed by atoms with Crippen molar-refractivity contribution in [3.63, 3.8) is 0 Å². The highest BCUT2D eigenvalue weighted by molar-refractivity contribution is 7.13. The van der Waals surface area contributed by atoms with Gasteiger partial charge in [0.15, 0.2) is 0 Å². The zero-order valence-electron chi connectivity index (χ0n) is 7.53. The Balaban J connectivity index is 2.76. The Morgan fingerprint density at radius 3 is 2.85 bits per heavy atom. The zero-order valence-corrected chi connectivity index (χ0v) is 8.35. The Hall–Kier alpha value is -0.940. The van der Waals surface area contributed by atoms with Gasteiger partial charge in [-0.15, -0.1) is 11.3 Å². The lowest BCUT2D eigenvalue weighted by atomic mass is 10.4.